The molecule has 2 nitrogen and oxygen atoms in total. The van der Waals surface area contributed by atoms with Gasteiger partial charge in [-0.25, -0.2) is 0 Å². The summed E-state index contributed by atoms with van der Waals surface area (Å²) >= 11 is 6.95. The maximum atomic E-state index is 5.42. The average molecular weight is 321 g/mol. The first-order valence-corrected chi connectivity index (χ1v) is 6.12. The second kappa shape index (κ2) is 4.75. The van der Waals surface area contributed by atoms with Gasteiger partial charge in [0.15, 0.2) is 0 Å². The maximum absolute atomic E-state index is 5.42. The van der Waals surface area contributed by atoms with Crippen molar-refractivity contribution < 1.29 is 4.74 Å². The molecule has 1 aliphatic heterocycles. The molecule has 1 aromatic rings. The van der Waals surface area contributed by atoms with Crippen molar-refractivity contribution in [3.05, 3.63) is 32.7 Å². The Labute approximate surface area is 100 Å². The zero-order valence-corrected chi connectivity index (χ0v) is 10.8. The zero-order chi connectivity index (χ0) is 9.97. The fraction of sp³-hybridized carbons (Fsp3) is 0.400. The van der Waals surface area contributed by atoms with Crippen molar-refractivity contribution in [3.63, 3.8) is 0 Å². The van der Waals surface area contributed by atoms with E-state index in [-0.39, 0.29) is 0 Å². The first-order chi connectivity index (χ1) is 6.77. The van der Waals surface area contributed by atoms with Gasteiger partial charge in [-0.2, -0.15) is 0 Å². The summed E-state index contributed by atoms with van der Waals surface area (Å²) in [5.41, 5.74) is 1.26. The van der Waals surface area contributed by atoms with E-state index in [0.29, 0.717) is 6.04 Å². The highest BCUT2D eigenvalue weighted by molar-refractivity contribution is 9.13. The summed E-state index contributed by atoms with van der Waals surface area (Å²) in [6.45, 7) is 2.50. The average Bonchev–Trinajstić information content (AvgIpc) is 2.23. The van der Waals surface area contributed by atoms with E-state index in [1.807, 2.05) is 0 Å². The van der Waals surface area contributed by atoms with Gasteiger partial charge in [-0.05, 0) is 49.6 Å². The zero-order valence-electron chi connectivity index (χ0n) is 7.59. The molecule has 1 aromatic carbocycles. The highest BCUT2D eigenvalue weighted by atomic mass is 79.9. The van der Waals surface area contributed by atoms with Crippen LogP contribution in [0, 0.1) is 0 Å². The van der Waals surface area contributed by atoms with E-state index in [4.69, 9.17) is 4.74 Å². The third-order valence-electron chi connectivity index (χ3n) is 2.27. The Balaban J connectivity index is 2.18. The van der Waals surface area contributed by atoms with Gasteiger partial charge in [0.2, 0.25) is 0 Å². The van der Waals surface area contributed by atoms with Crippen molar-refractivity contribution in [1.82, 2.24) is 5.32 Å². The minimum atomic E-state index is 0.327. The van der Waals surface area contributed by atoms with Crippen LogP contribution in [0.2, 0.25) is 0 Å². The summed E-state index contributed by atoms with van der Waals surface area (Å²) in [4.78, 5) is 0. The van der Waals surface area contributed by atoms with Gasteiger partial charge in [-0.1, -0.05) is 6.07 Å². The Kier molecular flexibility index (Phi) is 3.60. The molecule has 0 bridgehead atoms. The molecule has 0 aliphatic carbocycles. The molecule has 1 aliphatic rings. The first kappa shape index (κ1) is 10.6. The second-order valence-corrected chi connectivity index (χ2v) is 4.96. The van der Waals surface area contributed by atoms with Gasteiger partial charge in [0.05, 0.1) is 19.3 Å². The number of halogens is 2. The Morgan fingerprint density at radius 3 is 2.79 bits per heavy atom. The third-order valence-corrected chi connectivity index (χ3v) is 4.15. The van der Waals surface area contributed by atoms with Gasteiger partial charge in [0.25, 0.3) is 0 Å². The SMILES string of the molecule is Brc1ccc([C@@H]2COCCN2)cc1Br. The van der Waals surface area contributed by atoms with Crippen molar-refractivity contribution in [3.8, 4) is 0 Å². The van der Waals surface area contributed by atoms with Crippen LogP contribution in [0.3, 0.4) is 0 Å². The second-order valence-electron chi connectivity index (χ2n) is 3.26. The molecule has 0 radical (unpaired) electrons. The molecule has 1 N–H and O–H groups in total. The summed E-state index contributed by atoms with van der Waals surface area (Å²) in [7, 11) is 0. The molecule has 0 aromatic heterocycles. The highest BCUT2D eigenvalue weighted by Gasteiger charge is 2.15. The number of ether oxygens (including phenoxy) is 1. The van der Waals surface area contributed by atoms with Crippen LogP contribution in [-0.4, -0.2) is 19.8 Å². The normalized spacial score (nSPS) is 22.3. The summed E-state index contributed by atoms with van der Waals surface area (Å²) in [5.74, 6) is 0. The molecule has 14 heavy (non-hydrogen) atoms. The minimum absolute atomic E-state index is 0.327. The van der Waals surface area contributed by atoms with Crippen LogP contribution in [0.4, 0.5) is 0 Å². The third kappa shape index (κ3) is 2.37. The molecule has 4 heteroatoms. The van der Waals surface area contributed by atoms with Crippen LogP contribution in [0.1, 0.15) is 11.6 Å². The topological polar surface area (TPSA) is 21.3 Å². The Morgan fingerprint density at radius 2 is 2.14 bits per heavy atom. The predicted octanol–water partition coefficient (Wildman–Crippen LogP) is 2.87. The molecule has 1 saturated heterocycles. The molecule has 1 atom stereocenters. The van der Waals surface area contributed by atoms with Crippen molar-refractivity contribution in [2.75, 3.05) is 19.8 Å². The number of benzene rings is 1. The lowest BCUT2D eigenvalue weighted by Crippen LogP contribution is -2.34. The molecule has 76 valence electrons. The van der Waals surface area contributed by atoms with E-state index in [2.05, 4.69) is 55.4 Å². The first-order valence-electron chi connectivity index (χ1n) is 4.53. The van der Waals surface area contributed by atoms with Crippen molar-refractivity contribution in [2.45, 2.75) is 6.04 Å². The Morgan fingerprint density at radius 1 is 1.29 bits per heavy atom. The van der Waals surface area contributed by atoms with Crippen molar-refractivity contribution in [1.29, 1.82) is 0 Å². The Bertz CT molecular complexity index is 324. The smallest absolute Gasteiger partial charge is 0.0662 e. The van der Waals surface area contributed by atoms with Crippen LogP contribution < -0.4 is 5.32 Å². The lowest BCUT2D eigenvalue weighted by molar-refractivity contribution is 0.0768. The van der Waals surface area contributed by atoms with Crippen LogP contribution in [0.25, 0.3) is 0 Å². The summed E-state index contributed by atoms with van der Waals surface area (Å²) in [5, 5.41) is 3.42. The van der Waals surface area contributed by atoms with Crippen LogP contribution in [-0.2, 0) is 4.74 Å². The number of hydrogen-bond acceptors (Lipinski definition) is 2. The standard InChI is InChI=1S/C10H11Br2NO/c11-8-2-1-7(5-9(8)12)10-6-14-4-3-13-10/h1-2,5,10,13H,3-4,6H2/t10-/m0/s1. The van der Waals surface area contributed by atoms with E-state index in [9.17, 15) is 0 Å². The predicted molar refractivity (Wildman–Crippen MR) is 63.4 cm³/mol. The molecule has 1 heterocycles. The lowest BCUT2D eigenvalue weighted by Gasteiger charge is -2.24. The lowest BCUT2D eigenvalue weighted by atomic mass is 10.1. The van der Waals surface area contributed by atoms with Crippen molar-refractivity contribution in [2.24, 2.45) is 0 Å². The van der Waals surface area contributed by atoms with Gasteiger partial charge in [-0.3, -0.25) is 0 Å². The number of morpholine rings is 1. The van der Waals surface area contributed by atoms with Gasteiger partial charge < -0.3 is 10.1 Å². The van der Waals surface area contributed by atoms with E-state index >= 15 is 0 Å². The molecular weight excluding hydrogens is 310 g/mol. The van der Waals surface area contributed by atoms with Gasteiger partial charge >= 0.3 is 0 Å². The quantitative estimate of drug-likeness (QED) is 0.859. The van der Waals surface area contributed by atoms with Crippen LogP contribution >= 0.6 is 31.9 Å². The van der Waals surface area contributed by atoms with Crippen LogP contribution in [0.15, 0.2) is 27.1 Å². The Hall–Kier alpha value is 0.1000. The highest BCUT2D eigenvalue weighted by Crippen LogP contribution is 2.27. The van der Waals surface area contributed by atoms with Gasteiger partial charge in [0, 0.05) is 15.5 Å². The minimum Gasteiger partial charge on any atom is -0.378 e. The fourth-order valence-corrected chi connectivity index (χ4v) is 2.15. The van der Waals surface area contributed by atoms with E-state index in [1.54, 1.807) is 0 Å². The number of rotatable bonds is 1. The monoisotopic (exact) mass is 319 g/mol. The largest absolute Gasteiger partial charge is 0.378 e. The molecule has 2 rings (SSSR count). The van der Waals surface area contributed by atoms with Crippen LogP contribution in [0.5, 0.6) is 0 Å². The number of nitrogens with one attached hydrogen (secondary N) is 1. The molecule has 0 spiro atoms. The van der Waals surface area contributed by atoms with Gasteiger partial charge in [0.1, 0.15) is 0 Å². The molecule has 0 unspecified atom stereocenters. The fourth-order valence-electron chi connectivity index (χ4n) is 1.51. The van der Waals surface area contributed by atoms with E-state index in [0.717, 1.165) is 28.7 Å². The molecular formula is C10H11Br2NO. The maximum Gasteiger partial charge on any atom is 0.0662 e. The molecule has 1 fully saturated rings. The molecule has 0 amide bonds. The summed E-state index contributed by atoms with van der Waals surface area (Å²) in [6.07, 6.45) is 0. The molecule has 0 saturated carbocycles. The summed E-state index contributed by atoms with van der Waals surface area (Å²) in [6, 6.07) is 6.61. The number of hydrogen-bond donors (Lipinski definition) is 1. The van der Waals surface area contributed by atoms with Gasteiger partial charge in [-0.15, -0.1) is 0 Å². The van der Waals surface area contributed by atoms with Crippen molar-refractivity contribution >= 4 is 31.9 Å². The van der Waals surface area contributed by atoms with E-state index in [1.165, 1.54) is 5.56 Å². The van der Waals surface area contributed by atoms with E-state index < -0.39 is 0 Å². The summed E-state index contributed by atoms with van der Waals surface area (Å²) < 4.78 is 7.58.